The summed E-state index contributed by atoms with van der Waals surface area (Å²) in [7, 11) is 1.57. The Balaban J connectivity index is 1.95. The highest BCUT2D eigenvalue weighted by Gasteiger charge is 2.02. The maximum atomic E-state index is 12.7. The molecule has 98 valence electrons. The van der Waals surface area contributed by atoms with Crippen LogP contribution in [0.4, 0.5) is 20.6 Å². The molecule has 0 spiro atoms. The van der Waals surface area contributed by atoms with Gasteiger partial charge in [0.25, 0.3) is 0 Å². The first-order chi connectivity index (χ1) is 9.17. The maximum absolute atomic E-state index is 12.7. The first kappa shape index (κ1) is 12.9. The zero-order chi connectivity index (χ0) is 13.7. The molecule has 0 aromatic heterocycles. The van der Waals surface area contributed by atoms with E-state index in [1.165, 1.54) is 24.3 Å². The van der Waals surface area contributed by atoms with Gasteiger partial charge in [-0.25, -0.2) is 9.18 Å². The molecule has 0 unspecified atom stereocenters. The summed E-state index contributed by atoms with van der Waals surface area (Å²) < 4.78 is 17.7. The number of nitrogens with one attached hydrogen (secondary N) is 2. The fraction of sp³-hybridized carbons (Fsp3) is 0.0714. The van der Waals surface area contributed by atoms with Crippen LogP contribution in [0.5, 0.6) is 5.75 Å². The number of carbonyl (C=O) groups excluding carboxylic acids is 1. The van der Waals surface area contributed by atoms with E-state index >= 15 is 0 Å². The normalized spacial score (nSPS) is 9.79. The summed E-state index contributed by atoms with van der Waals surface area (Å²) in [5, 5.41) is 5.26. The molecule has 19 heavy (non-hydrogen) atoms. The van der Waals surface area contributed by atoms with Gasteiger partial charge in [0.2, 0.25) is 0 Å². The zero-order valence-electron chi connectivity index (χ0n) is 10.3. The summed E-state index contributed by atoms with van der Waals surface area (Å²) >= 11 is 0. The third-order valence-corrected chi connectivity index (χ3v) is 2.45. The molecule has 0 saturated heterocycles. The molecular weight excluding hydrogens is 247 g/mol. The molecule has 2 aromatic carbocycles. The third kappa shape index (κ3) is 3.70. The Morgan fingerprint density at radius 1 is 0.947 bits per heavy atom. The molecule has 0 aliphatic heterocycles. The van der Waals surface area contributed by atoms with E-state index in [0.29, 0.717) is 17.1 Å². The van der Waals surface area contributed by atoms with Crippen LogP contribution in [0.2, 0.25) is 0 Å². The minimum Gasteiger partial charge on any atom is -0.497 e. The Hall–Kier alpha value is -2.56. The number of hydrogen-bond donors (Lipinski definition) is 2. The van der Waals surface area contributed by atoms with Crippen LogP contribution in [0.25, 0.3) is 0 Å². The number of urea groups is 1. The Morgan fingerprint density at radius 2 is 1.42 bits per heavy atom. The van der Waals surface area contributed by atoms with Crippen LogP contribution < -0.4 is 15.4 Å². The smallest absolute Gasteiger partial charge is 0.323 e. The van der Waals surface area contributed by atoms with Gasteiger partial charge in [-0.05, 0) is 48.5 Å². The lowest BCUT2D eigenvalue weighted by Gasteiger charge is -2.08. The van der Waals surface area contributed by atoms with Gasteiger partial charge in [0.15, 0.2) is 0 Å². The van der Waals surface area contributed by atoms with Crippen LogP contribution in [0.3, 0.4) is 0 Å². The molecule has 2 aromatic rings. The highest BCUT2D eigenvalue weighted by Crippen LogP contribution is 2.15. The molecule has 2 N–H and O–H groups in total. The fourth-order valence-corrected chi connectivity index (χ4v) is 1.50. The van der Waals surface area contributed by atoms with E-state index in [2.05, 4.69) is 10.6 Å². The van der Waals surface area contributed by atoms with Crippen molar-refractivity contribution < 1.29 is 13.9 Å². The summed E-state index contributed by atoms with van der Waals surface area (Å²) in [6.07, 6.45) is 0. The SMILES string of the molecule is COc1ccc(NC(=O)Nc2ccc(F)cc2)cc1. The van der Waals surface area contributed by atoms with Crippen molar-refractivity contribution in [1.82, 2.24) is 0 Å². The van der Waals surface area contributed by atoms with Crippen LogP contribution in [-0.2, 0) is 0 Å². The second-order valence-corrected chi connectivity index (χ2v) is 3.81. The quantitative estimate of drug-likeness (QED) is 0.887. The highest BCUT2D eigenvalue weighted by atomic mass is 19.1. The van der Waals surface area contributed by atoms with Gasteiger partial charge in [-0.2, -0.15) is 0 Å². The van der Waals surface area contributed by atoms with Gasteiger partial charge in [0.1, 0.15) is 11.6 Å². The molecule has 0 aliphatic carbocycles. The number of carbonyl (C=O) groups is 1. The molecule has 0 atom stereocenters. The fourth-order valence-electron chi connectivity index (χ4n) is 1.50. The number of methoxy groups -OCH3 is 1. The van der Waals surface area contributed by atoms with Gasteiger partial charge in [0, 0.05) is 11.4 Å². The molecule has 2 amide bonds. The predicted octanol–water partition coefficient (Wildman–Crippen LogP) is 3.48. The molecule has 0 bridgehead atoms. The van der Waals surface area contributed by atoms with E-state index in [-0.39, 0.29) is 5.82 Å². The molecule has 0 radical (unpaired) electrons. The van der Waals surface area contributed by atoms with Crippen LogP contribution in [0, 0.1) is 5.82 Å². The second-order valence-electron chi connectivity index (χ2n) is 3.81. The molecule has 4 nitrogen and oxygen atoms in total. The van der Waals surface area contributed by atoms with Crippen molar-refractivity contribution in [2.24, 2.45) is 0 Å². The number of anilines is 2. The van der Waals surface area contributed by atoms with Crippen LogP contribution in [-0.4, -0.2) is 13.1 Å². The number of benzene rings is 2. The van der Waals surface area contributed by atoms with Crippen molar-refractivity contribution in [3.8, 4) is 5.75 Å². The van der Waals surface area contributed by atoms with Crippen molar-refractivity contribution in [3.05, 3.63) is 54.3 Å². The Labute approximate surface area is 110 Å². The predicted molar refractivity (Wildman–Crippen MR) is 72.0 cm³/mol. The Bertz CT molecular complexity index is 553. The van der Waals surface area contributed by atoms with E-state index in [9.17, 15) is 9.18 Å². The average molecular weight is 260 g/mol. The summed E-state index contributed by atoms with van der Waals surface area (Å²) in [5.41, 5.74) is 1.16. The summed E-state index contributed by atoms with van der Waals surface area (Å²) in [5.74, 6) is 0.366. The van der Waals surface area contributed by atoms with Gasteiger partial charge < -0.3 is 15.4 Å². The Morgan fingerprint density at radius 3 is 1.89 bits per heavy atom. The number of ether oxygens (including phenoxy) is 1. The van der Waals surface area contributed by atoms with Crippen molar-refractivity contribution in [2.45, 2.75) is 0 Å². The van der Waals surface area contributed by atoms with E-state index < -0.39 is 6.03 Å². The van der Waals surface area contributed by atoms with Crippen molar-refractivity contribution in [2.75, 3.05) is 17.7 Å². The lowest BCUT2D eigenvalue weighted by atomic mass is 10.3. The number of amides is 2. The topological polar surface area (TPSA) is 50.4 Å². The molecule has 5 heteroatoms. The first-order valence-electron chi connectivity index (χ1n) is 5.65. The van der Waals surface area contributed by atoms with Crippen LogP contribution >= 0.6 is 0 Å². The number of rotatable bonds is 3. The molecule has 0 fully saturated rings. The van der Waals surface area contributed by atoms with Crippen LogP contribution in [0.1, 0.15) is 0 Å². The van der Waals surface area contributed by atoms with Crippen molar-refractivity contribution in [3.63, 3.8) is 0 Å². The third-order valence-electron chi connectivity index (χ3n) is 2.45. The highest BCUT2D eigenvalue weighted by molar-refractivity contribution is 5.99. The zero-order valence-corrected chi connectivity index (χ0v) is 10.3. The minimum absolute atomic E-state index is 0.346. The van der Waals surface area contributed by atoms with Gasteiger partial charge in [-0.1, -0.05) is 0 Å². The summed E-state index contributed by atoms with van der Waals surface area (Å²) in [6.45, 7) is 0. The first-order valence-corrected chi connectivity index (χ1v) is 5.65. The van der Waals surface area contributed by atoms with Gasteiger partial charge in [-0.3, -0.25) is 0 Å². The van der Waals surface area contributed by atoms with E-state index in [1.807, 2.05) is 0 Å². The Kier molecular flexibility index (Phi) is 3.97. The number of hydrogen-bond acceptors (Lipinski definition) is 2. The molecule has 0 saturated carbocycles. The van der Waals surface area contributed by atoms with E-state index in [4.69, 9.17) is 4.74 Å². The second kappa shape index (κ2) is 5.86. The monoisotopic (exact) mass is 260 g/mol. The average Bonchev–Trinajstić information content (AvgIpc) is 2.42. The van der Waals surface area contributed by atoms with Crippen molar-refractivity contribution in [1.29, 1.82) is 0 Å². The summed E-state index contributed by atoms with van der Waals surface area (Å²) in [6, 6.07) is 12.1. The minimum atomic E-state index is -0.392. The molecule has 0 aliphatic rings. The molecular formula is C14H13FN2O2. The summed E-state index contributed by atoms with van der Waals surface area (Å²) in [4.78, 5) is 11.7. The van der Waals surface area contributed by atoms with Gasteiger partial charge in [-0.15, -0.1) is 0 Å². The van der Waals surface area contributed by atoms with Crippen LogP contribution in [0.15, 0.2) is 48.5 Å². The van der Waals surface area contributed by atoms with Crippen molar-refractivity contribution >= 4 is 17.4 Å². The van der Waals surface area contributed by atoms with Gasteiger partial charge in [0.05, 0.1) is 7.11 Å². The lowest BCUT2D eigenvalue weighted by Crippen LogP contribution is -2.19. The largest absolute Gasteiger partial charge is 0.497 e. The standard InChI is InChI=1S/C14H13FN2O2/c1-19-13-8-6-12(7-9-13)17-14(18)16-11-4-2-10(15)3-5-11/h2-9H,1H3,(H2,16,17,18). The van der Waals surface area contributed by atoms with E-state index in [1.54, 1.807) is 31.4 Å². The molecule has 0 heterocycles. The lowest BCUT2D eigenvalue weighted by molar-refractivity contribution is 0.262. The molecule has 2 rings (SSSR count). The van der Waals surface area contributed by atoms with Gasteiger partial charge >= 0.3 is 6.03 Å². The maximum Gasteiger partial charge on any atom is 0.323 e. The number of halogens is 1. The van der Waals surface area contributed by atoms with E-state index in [0.717, 1.165) is 0 Å².